The summed E-state index contributed by atoms with van der Waals surface area (Å²) in [6.45, 7) is 6.36. The van der Waals surface area contributed by atoms with Gasteiger partial charge in [-0.05, 0) is 80.0 Å². The first kappa shape index (κ1) is 16.8. The molecule has 0 spiro atoms. The van der Waals surface area contributed by atoms with Crippen molar-refractivity contribution in [2.75, 3.05) is 0 Å². The molecule has 4 fully saturated rings. The van der Waals surface area contributed by atoms with Crippen molar-refractivity contribution in [1.29, 1.82) is 0 Å². The standard InChI is InChI=1S/C21H32O3/c1-12(22)16-6-7-17-15-5-4-13-10-14(23)8-9-20(13,2)19(15)18(24)11-21(16,17)3/h13,15-19,24H,4-11H2,1-3H3/t13-,15?,16?,17?,18+,19?,20-,21+/m0/s1. The Labute approximate surface area is 145 Å². The van der Waals surface area contributed by atoms with Gasteiger partial charge in [0.1, 0.15) is 11.6 Å². The van der Waals surface area contributed by atoms with Crippen LogP contribution in [0.5, 0.6) is 0 Å². The summed E-state index contributed by atoms with van der Waals surface area (Å²) in [4.78, 5) is 24.1. The lowest BCUT2D eigenvalue weighted by atomic mass is 9.44. The number of hydrogen-bond donors (Lipinski definition) is 1. The Morgan fingerprint density at radius 1 is 1.12 bits per heavy atom. The smallest absolute Gasteiger partial charge is 0.133 e. The van der Waals surface area contributed by atoms with Gasteiger partial charge in [0.15, 0.2) is 0 Å². The SMILES string of the molecule is CC(=O)C1CCC2C3CC[C@H]4CC(=O)CC[C@]4(C)C3[C@H](O)C[C@]12C. The Kier molecular flexibility index (Phi) is 3.77. The molecule has 3 nitrogen and oxygen atoms in total. The largest absolute Gasteiger partial charge is 0.393 e. The average molecular weight is 332 g/mol. The summed E-state index contributed by atoms with van der Waals surface area (Å²) < 4.78 is 0. The monoisotopic (exact) mass is 332 g/mol. The Hall–Kier alpha value is -0.700. The predicted molar refractivity (Wildman–Crippen MR) is 92.3 cm³/mol. The summed E-state index contributed by atoms with van der Waals surface area (Å²) in [5.41, 5.74) is 0.103. The molecular formula is C21H32O3. The topological polar surface area (TPSA) is 54.4 Å². The molecule has 8 atom stereocenters. The van der Waals surface area contributed by atoms with Crippen LogP contribution in [0.25, 0.3) is 0 Å². The number of ketones is 2. The predicted octanol–water partition coefficient (Wildman–Crippen LogP) is 3.77. The summed E-state index contributed by atoms with van der Waals surface area (Å²) >= 11 is 0. The van der Waals surface area contributed by atoms with E-state index in [4.69, 9.17) is 0 Å². The van der Waals surface area contributed by atoms with E-state index in [1.54, 1.807) is 6.92 Å². The molecule has 4 rings (SSSR count). The Morgan fingerprint density at radius 3 is 2.58 bits per heavy atom. The lowest BCUT2D eigenvalue weighted by Crippen LogP contribution is -2.59. The number of Topliss-reactive ketones (excluding diaryl/α,β-unsaturated/α-hetero) is 2. The maximum atomic E-state index is 12.2. The van der Waals surface area contributed by atoms with Crippen molar-refractivity contribution in [2.45, 2.75) is 78.2 Å². The molecule has 0 bridgehead atoms. The van der Waals surface area contributed by atoms with E-state index in [2.05, 4.69) is 13.8 Å². The highest BCUT2D eigenvalue weighted by molar-refractivity contribution is 5.80. The fourth-order valence-corrected chi connectivity index (χ4v) is 7.84. The molecular weight excluding hydrogens is 300 g/mol. The molecule has 4 aliphatic carbocycles. The second kappa shape index (κ2) is 5.40. The number of rotatable bonds is 1. The molecule has 3 heteroatoms. The van der Waals surface area contributed by atoms with Gasteiger partial charge in [-0.2, -0.15) is 0 Å². The van der Waals surface area contributed by atoms with E-state index in [1.165, 1.54) is 0 Å². The van der Waals surface area contributed by atoms with Crippen molar-refractivity contribution < 1.29 is 14.7 Å². The highest BCUT2D eigenvalue weighted by Gasteiger charge is 2.63. The minimum Gasteiger partial charge on any atom is -0.393 e. The van der Waals surface area contributed by atoms with Crippen molar-refractivity contribution in [3.8, 4) is 0 Å². The molecule has 0 aliphatic heterocycles. The minimum absolute atomic E-state index is 0.0138. The van der Waals surface area contributed by atoms with Crippen molar-refractivity contribution in [3.63, 3.8) is 0 Å². The number of aliphatic hydroxyl groups is 1. The van der Waals surface area contributed by atoms with E-state index in [0.717, 1.165) is 44.9 Å². The highest BCUT2D eigenvalue weighted by Crippen LogP contribution is 2.67. The van der Waals surface area contributed by atoms with Gasteiger partial charge in [0.25, 0.3) is 0 Å². The molecule has 4 aliphatic rings. The van der Waals surface area contributed by atoms with Gasteiger partial charge in [0.2, 0.25) is 0 Å². The number of carbonyl (C=O) groups excluding carboxylic acids is 2. The zero-order valence-electron chi connectivity index (χ0n) is 15.4. The third kappa shape index (κ3) is 2.12. The van der Waals surface area contributed by atoms with E-state index < -0.39 is 0 Å². The van der Waals surface area contributed by atoms with Crippen LogP contribution in [0.4, 0.5) is 0 Å². The van der Waals surface area contributed by atoms with Crippen molar-refractivity contribution in [2.24, 2.45) is 40.4 Å². The number of fused-ring (bicyclic) bond motifs is 5. The molecule has 4 unspecified atom stereocenters. The summed E-state index contributed by atoms with van der Waals surface area (Å²) in [5.74, 6) is 2.78. The van der Waals surface area contributed by atoms with Crippen LogP contribution >= 0.6 is 0 Å². The number of hydrogen-bond acceptors (Lipinski definition) is 3. The van der Waals surface area contributed by atoms with Gasteiger partial charge in [0, 0.05) is 18.8 Å². The van der Waals surface area contributed by atoms with Crippen molar-refractivity contribution in [1.82, 2.24) is 0 Å². The summed E-state index contributed by atoms with van der Waals surface area (Å²) in [6.07, 6.45) is 7.27. The molecule has 1 N–H and O–H groups in total. The van der Waals surface area contributed by atoms with Gasteiger partial charge in [0.05, 0.1) is 6.10 Å². The van der Waals surface area contributed by atoms with Crippen molar-refractivity contribution >= 4 is 11.6 Å². The van der Waals surface area contributed by atoms with E-state index in [0.29, 0.717) is 41.7 Å². The van der Waals surface area contributed by atoms with Gasteiger partial charge in [-0.3, -0.25) is 9.59 Å². The second-order valence-corrected chi connectivity index (χ2v) is 9.84. The molecule has 4 saturated carbocycles. The molecule has 24 heavy (non-hydrogen) atoms. The van der Waals surface area contributed by atoms with Crippen LogP contribution < -0.4 is 0 Å². The zero-order chi connectivity index (χ0) is 17.3. The highest BCUT2D eigenvalue weighted by atomic mass is 16.3. The molecule has 0 aromatic carbocycles. The average Bonchev–Trinajstić information content (AvgIpc) is 2.84. The maximum Gasteiger partial charge on any atom is 0.133 e. The Bertz CT molecular complexity index is 569. The normalized spacial score (nSPS) is 53.9. The van der Waals surface area contributed by atoms with E-state index >= 15 is 0 Å². The van der Waals surface area contributed by atoms with E-state index in [-0.39, 0.29) is 22.9 Å². The second-order valence-electron chi connectivity index (χ2n) is 9.84. The van der Waals surface area contributed by atoms with Gasteiger partial charge in [-0.25, -0.2) is 0 Å². The zero-order valence-corrected chi connectivity index (χ0v) is 15.4. The molecule has 0 heterocycles. The van der Waals surface area contributed by atoms with Crippen LogP contribution in [0.15, 0.2) is 0 Å². The van der Waals surface area contributed by atoms with E-state index in [9.17, 15) is 14.7 Å². The van der Waals surface area contributed by atoms with Gasteiger partial charge in [-0.15, -0.1) is 0 Å². The summed E-state index contributed by atoms with van der Waals surface area (Å²) in [5, 5.41) is 11.2. The molecule has 0 amide bonds. The lowest BCUT2D eigenvalue weighted by Gasteiger charge is -2.61. The quantitative estimate of drug-likeness (QED) is 0.795. The summed E-state index contributed by atoms with van der Waals surface area (Å²) in [6, 6.07) is 0. The van der Waals surface area contributed by atoms with Crippen LogP contribution in [0, 0.1) is 40.4 Å². The molecule has 0 radical (unpaired) electrons. The van der Waals surface area contributed by atoms with Crippen LogP contribution in [-0.2, 0) is 9.59 Å². The Balaban J connectivity index is 1.68. The first-order chi connectivity index (χ1) is 11.3. The Morgan fingerprint density at radius 2 is 1.88 bits per heavy atom. The molecule has 0 saturated heterocycles. The van der Waals surface area contributed by atoms with Gasteiger partial charge >= 0.3 is 0 Å². The first-order valence-electron chi connectivity index (χ1n) is 9.97. The van der Waals surface area contributed by atoms with Crippen LogP contribution in [0.3, 0.4) is 0 Å². The van der Waals surface area contributed by atoms with Gasteiger partial charge < -0.3 is 5.11 Å². The lowest BCUT2D eigenvalue weighted by molar-refractivity contribution is -0.173. The van der Waals surface area contributed by atoms with Crippen LogP contribution in [0.1, 0.15) is 72.1 Å². The molecule has 0 aromatic heterocycles. The number of carbonyl (C=O) groups is 2. The van der Waals surface area contributed by atoms with E-state index in [1.807, 2.05) is 0 Å². The molecule has 0 aromatic rings. The minimum atomic E-state index is -0.308. The third-order valence-electron chi connectivity index (χ3n) is 8.90. The first-order valence-corrected chi connectivity index (χ1v) is 9.97. The van der Waals surface area contributed by atoms with Crippen LogP contribution in [-0.4, -0.2) is 22.8 Å². The fourth-order valence-electron chi connectivity index (χ4n) is 7.84. The summed E-state index contributed by atoms with van der Waals surface area (Å²) in [7, 11) is 0. The fraction of sp³-hybridized carbons (Fsp3) is 0.905. The third-order valence-corrected chi connectivity index (χ3v) is 8.90. The van der Waals surface area contributed by atoms with Crippen molar-refractivity contribution in [3.05, 3.63) is 0 Å². The van der Waals surface area contributed by atoms with Gasteiger partial charge in [-0.1, -0.05) is 13.8 Å². The maximum absolute atomic E-state index is 12.2. The molecule has 134 valence electrons. The number of aliphatic hydroxyl groups excluding tert-OH is 1. The van der Waals surface area contributed by atoms with Crippen LogP contribution in [0.2, 0.25) is 0 Å².